The lowest BCUT2D eigenvalue weighted by atomic mass is 10.2. The third-order valence-electron chi connectivity index (χ3n) is 2.29. The largest absolute Gasteiger partial charge is 0.495 e. The first-order valence-electron chi connectivity index (χ1n) is 5.28. The van der Waals surface area contributed by atoms with E-state index < -0.39 is 0 Å². The molecule has 0 aromatic heterocycles. The van der Waals surface area contributed by atoms with Crippen LogP contribution in [0.2, 0.25) is 0 Å². The van der Waals surface area contributed by atoms with E-state index in [1.165, 1.54) is 0 Å². The van der Waals surface area contributed by atoms with Gasteiger partial charge in [-0.05, 0) is 12.1 Å². The minimum absolute atomic E-state index is 0.0596. The van der Waals surface area contributed by atoms with Crippen LogP contribution in [0.4, 0.5) is 5.69 Å². The van der Waals surface area contributed by atoms with Gasteiger partial charge in [0, 0.05) is 13.0 Å². The molecule has 0 fully saturated rings. The van der Waals surface area contributed by atoms with Crippen LogP contribution >= 0.6 is 0 Å². The summed E-state index contributed by atoms with van der Waals surface area (Å²) in [5.74, 6) is 0.760. The molecule has 1 amide bonds. The quantitative estimate of drug-likeness (QED) is 0.712. The number of carbonyl (C=O) groups excluding carboxylic acids is 1. The molecule has 16 heavy (non-hydrogen) atoms. The first-order chi connectivity index (χ1) is 7.74. The van der Waals surface area contributed by atoms with Crippen molar-refractivity contribution in [3.05, 3.63) is 36.9 Å². The summed E-state index contributed by atoms with van der Waals surface area (Å²) in [6, 6.07) is 7.48. The summed E-state index contributed by atoms with van der Waals surface area (Å²) in [7, 11) is 1.60. The molecule has 1 rings (SSSR count). The standard InChI is InChI=1S/C13H17NO2/c1-4-10-14(13(15)5-2)11-8-6-7-9-12(11)16-3/h4,6-9H,1,5,10H2,2-3H3. The fourth-order valence-electron chi connectivity index (χ4n) is 1.51. The highest BCUT2D eigenvalue weighted by molar-refractivity contribution is 5.94. The van der Waals surface area contributed by atoms with Gasteiger partial charge in [0.25, 0.3) is 0 Å². The summed E-state index contributed by atoms with van der Waals surface area (Å²) >= 11 is 0. The van der Waals surface area contributed by atoms with Crippen LogP contribution in [0.5, 0.6) is 5.75 Å². The average molecular weight is 219 g/mol. The van der Waals surface area contributed by atoms with Gasteiger partial charge >= 0.3 is 0 Å². The number of hydrogen-bond donors (Lipinski definition) is 0. The van der Waals surface area contributed by atoms with Gasteiger partial charge < -0.3 is 9.64 Å². The van der Waals surface area contributed by atoms with E-state index in [1.807, 2.05) is 31.2 Å². The van der Waals surface area contributed by atoms with Crippen molar-refractivity contribution < 1.29 is 9.53 Å². The number of carbonyl (C=O) groups is 1. The maximum Gasteiger partial charge on any atom is 0.227 e. The second kappa shape index (κ2) is 5.95. The molecule has 86 valence electrons. The summed E-state index contributed by atoms with van der Waals surface area (Å²) in [4.78, 5) is 13.5. The van der Waals surface area contributed by atoms with Crippen LogP contribution in [-0.2, 0) is 4.79 Å². The summed E-state index contributed by atoms with van der Waals surface area (Å²) in [5.41, 5.74) is 0.789. The second-order valence-corrected chi connectivity index (χ2v) is 3.32. The van der Waals surface area contributed by atoms with Crippen molar-refractivity contribution in [3.63, 3.8) is 0 Å². The van der Waals surface area contributed by atoms with Crippen LogP contribution < -0.4 is 9.64 Å². The SMILES string of the molecule is C=CCN(C(=O)CC)c1ccccc1OC. The predicted octanol–water partition coefficient (Wildman–Crippen LogP) is 2.62. The zero-order chi connectivity index (χ0) is 12.0. The molecule has 0 saturated heterocycles. The highest BCUT2D eigenvalue weighted by Gasteiger charge is 2.15. The summed E-state index contributed by atoms with van der Waals surface area (Å²) in [6.07, 6.45) is 2.17. The lowest BCUT2D eigenvalue weighted by molar-refractivity contribution is -0.118. The minimum atomic E-state index is 0.0596. The summed E-state index contributed by atoms with van der Waals surface area (Å²) in [5, 5.41) is 0. The van der Waals surface area contributed by atoms with Crippen LogP contribution in [0.3, 0.4) is 0 Å². The molecule has 0 N–H and O–H groups in total. The Morgan fingerprint density at radius 2 is 2.19 bits per heavy atom. The Bertz CT molecular complexity index is 374. The smallest absolute Gasteiger partial charge is 0.227 e. The Labute approximate surface area is 96.3 Å². The van der Waals surface area contributed by atoms with E-state index in [-0.39, 0.29) is 5.91 Å². The summed E-state index contributed by atoms with van der Waals surface area (Å²) in [6.45, 7) is 6.00. The van der Waals surface area contributed by atoms with Gasteiger partial charge in [0.2, 0.25) is 5.91 Å². The number of hydrogen-bond acceptors (Lipinski definition) is 2. The number of amides is 1. The van der Waals surface area contributed by atoms with Gasteiger partial charge in [0.15, 0.2) is 0 Å². The van der Waals surface area contributed by atoms with E-state index >= 15 is 0 Å². The molecule has 3 nitrogen and oxygen atoms in total. The van der Waals surface area contributed by atoms with Gasteiger partial charge in [0.1, 0.15) is 5.75 Å². The van der Waals surface area contributed by atoms with E-state index in [9.17, 15) is 4.79 Å². The lowest BCUT2D eigenvalue weighted by Gasteiger charge is -2.22. The van der Waals surface area contributed by atoms with Crippen molar-refractivity contribution in [1.82, 2.24) is 0 Å². The maximum absolute atomic E-state index is 11.8. The van der Waals surface area contributed by atoms with E-state index in [0.29, 0.717) is 18.7 Å². The highest BCUT2D eigenvalue weighted by atomic mass is 16.5. The van der Waals surface area contributed by atoms with Gasteiger partial charge in [-0.3, -0.25) is 4.79 Å². The number of benzene rings is 1. The number of para-hydroxylation sites is 2. The molecule has 1 aromatic carbocycles. The Balaban J connectivity index is 3.09. The first-order valence-corrected chi connectivity index (χ1v) is 5.28. The van der Waals surface area contributed by atoms with Gasteiger partial charge in [-0.15, -0.1) is 6.58 Å². The molecular formula is C13H17NO2. The number of anilines is 1. The van der Waals surface area contributed by atoms with Crippen molar-refractivity contribution in [1.29, 1.82) is 0 Å². The van der Waals surface area contributed by atoms with Gasteiger partial charge in [-0.2, -0.15) is 0 Å². The van der Waals surface area contributed by atoms with E-state index in [0.717, 1.165) is 5.69 Å². The monoisotopic (exact) mass is 219 g/mol. The Morgan fingerprint density at radius 1 is 1.50 bits per heavy atom. The maximum atomic E-state index is 11.8. The molecule has 0 unspecified atom stereocenters. The number of nitrogens with zero attached hydrogens (tertiary/aromatic N) is 1. The molecule has 0 saturated carbocycles. The van der Waals surface area contributed by atoms with Crippen molar-refractivity contribution in [2.45, 2.75) is 13.3 Å². The fourth-order valence-corrected chi connectivity index (χ4v) is 1.51. The minimum Gasteiger partial charge on any atom is -0.495 e. The molecule has 1 aromatic rings. The van der Waals surface area contributed by atoms with Crippen LogP contribution in [0.15, 0.2) is 36.9 Å². The molecule has 0 atom stereocenters. The van der Waals surface area contributed by atoms with Crippen LogP contribution in [0.1, 0.15) is 13.3 Å². The Morgan fingerprint density at radius 3 is 2.75 bits per heavy atom. The van der Waals surface area contributed by atoms with Crippen LogP contribution in [0, 0.1) is 0 Å². The van der Waals surface area contributed by atoms with Crippen molar-refractivity contribution in [2.24, 2.45) is 0 Å². The number of methoxy groups -OCH3 is 1. The van der Waals surface area contributed by atoms with Crippen LogP contribution in [-0.4, -0.2) is 19.6 Å². The third kappa shape index (κ3) is 2.63. The second-order valence-electron chi connectivity index (χ2n) is 3.32. The number of ether oxygens (including phenoxy) is 1. The highest BCUT2D eigenvalue weighted by Crippen LogP contribution is 2.27. The van der Waals surface area contributed by atoms with E-state index in [2.05, 4.69) is 6.58 Å². The predicted molar refractivity (Wildman–Crippen MR) is 65.8 cm³/mol. The normalized spacial score (nSPS) is 9.62. The number of rotatable bonds is 5. The van der Waals surface area contributed by atoms with E-state index in [1.54, 1.807) is 18.1 Å². The molecule has 0 spiro atoms. The molecule has 0 aliphatic rings. The molecule has 0 aliphatic heterocycles. The zero-order valence-corrected chi connectivity index (χ0v) is 9.77. The molecule has 0 heterocycles. The molecule has 3 heteroatoms. The van der Waals surface area contributed by atoms with Crippen molar-refractivity contribution >= 4 is 11.6 Å². The van der Waals surface area contributed by atoms with Crippen molar-refractivity contribution in [2.75, 3.05) is 18.6 Å². The van der Waals surface area contributed by atoms with Gasteiger partial charge in [0.05, 0.1) is 12.8 Å². The molecule has 0 bridgehead atoms. The summed E-state index contributed by atoms with van der Waals surface area (Å²) < 4.78 is 5.24. The van der Waals surface area contributed by atoms with Crippen molar-refractivity contribution in [3.8, 4) is 5.75 Å². The average Bonchev–Trinajstić information content (AvgIpc) is 2.35. The van der Waals surface area contributed by atoms with Gasteiger partial charge in [-0.1, -0.05) is 25.1 Å². The van der Waals surface area contributed by atoms with Crippen LogP contribution in [0.25, 0.3) is 0 Å². The molecule has 0 aliphatic carbocycles. The zero-order valence-electron chi connectivity index (χ0n) is 9.77. The Kier molecular flexibility index (Phi) is 4.58. The first kappa shape index (κ1) is 12.3. The van der Waals surface area contributed by atoms with Gasteiger partial charge in [-0.25, -0.2) is 0 Å². The fraction of sp³-hybridized carbons (Fsp3) is 0.308. The third-order valence-corrected chi connectivity index (χ3v) is 2.29. The van der Waals surface area contributed by atoms with E-state index in [4.69, 9.17) is 4.74 Å². The topological polar surface area (TPSA) is 29.5 Å². The molecular weight excluding hydrogens is 202 g/mol. The Hall–Kier alpha value is -1.77. The molecule has 0 radical (unpaired) electrons. The lowest BCUT2D eigenvalue weighted by Crippen LogP contribution is -2.30.